The fourth-order valence-electron chi connectivity index (χ4n) is 1.79. The molecule has 0 unspecified atom stereocenters. The van der Waals surface area contributed by atoms with Crippen LogP contribution < -0.4 is 0 Å². The Morgan fingerprint density at radius 2 is 1.95 bits per heavy atom. The molecule has 0 saturated carbocycles. The standard InChI is InChI=1S/C12H15NO5S/c1-9-2-4-11(5-3-9)19(16,17)18-8-10-6-13(7-10)12(14)15/h2-5,10H,6-8H2,1H3,(H,14,15). The molecule has 6 nitrogen and oxygen atoms in total. The van der Waals surface area contributed by atoms with E-state index in [9.17, 15) is 13.2 Å². The van der Waals surface area contributed by atoms with Gasteiger partial charge in [0.2, 0.25) is 0 Å². The number of carboxylic acid groups (broad SMARTS) is 1. The summed E-state index contributed by atoms with van der Waals surface area (Å²) in [6.07, 6.45) is -0.988. The summed E-state index contributed by atoms with van der Waals surface area (Å²) in [6.45, 7) is 2.52. The molecule has 1 fully saturated rings. The Labute approximate surface area is 111 Å². The third kappa shape index (κ3) is 3.24. The third-order valence-corrected chi connectivity index (χ3v) is 4.29. The fourth-order valence-corrected chi connectivity index (χ4v) is 2.77. The molecular formula is C12H15NO5S. The highest BCUT2D eigenvalue weighted by Crippen LogP contribution is 2.19. The zero-order valence-corrected chi connectivity index (χ0v) is 11.3. The maximum Gasteiger partial charge on any atom is 0.407 e. The molecule has 104 valence electrons. The van der Waals surface area contributed by atoms with Crippen molar-refractivity contribution < 1.29 is 22.5 Å². The molecular weight excluding hydrogens is 270 g/mol. The normalized spacial score (nSPS) is 16.2. The van der Waals surface area contributed by atoms with Crippen LogP contribution in [-0.4, -0.2) is 44.2 Å². The first-order valence-electron chi connectivity index (χ1n) is 5.82. The Bertz CT molecular complexity index is 560. The molecule has 1 aromatic carbocycles. The largest absolute Gasteiger partial charge is 0.465 e. The first kappa shape index (κ1) is 13.8. The van der Waals surface area contributed by atoms with Crippen LogP contribution >= 0.6 is 0 Å². The van der Waals surface area contributed by atoms with Crippen LogP contribution in [0.15, 0.2) is 29.2 Å². The number of carbonyl (C=O) groups is 1. The second-order valence-corrected chi connectivity index (χ2v) is 6.22. The van der Waals surface area contributed by atoms with Gasteiger partial charge in [-0.15, -0.1) is 0 Å². The van der Waals surface area contributed by atoms with E-state index in [2.05, 4.69) is 0 Å². The van der Waals surface area contributed by atoms with Crippen molar-refractivity contribution in [2.75, 3.05) is 19.7 Å². The Morgan fingerprint density at radius 3 is 2.47 bits per heavy atom. The molecule has 0 aliphatic carbocycles. The summed E-state index contributed by atoms with van der Waals surface area (Å²) in [7, 11) is -3.75. The molecule has 19 heavy (non-hydrogen) atoms. The molecule has 1 saturated heterocycles. The van der Waals surface area contributed by atoms with E-state index in [0.29, 0.717) is 13.1 Å². The molecule has 1 amide bonds. The number of amides is 1. The number of hydrogen-bond donors (Lipinski definition) is 1. The van der Waals surface area contributed by atoms with Crippen molar-refractivity contribution in [1.82, 2.24) is 4.90 Å². The quantitative estimate of drug-likeness (QED) is 0.843. The van der Waals surface area contributed by atoms with Gasteiger partial charge in [-0.2, -0.15) is 8.42 Å². The molecule has 1 heterocycles. The van der Waals surface area contributed by atoms with Crippen molar-refractivity contribution in [1.29, 1.82) is 0 Å². The number of hydrogen-bond acceptors (Lipinski definition) is 4. The fraction of sp³-hybridized carbons (Fsp3) is 0.417. The van der Waals surface area contributed by atoms with Gasteiger partial charge in [-0.25, -0.2) is 4.79 Å². The molecule has 1 aromatic rings. The molecule has 2 rings (SSSR count). The third-order valence-electron chi connectivity index (χ3n) is 3.00. The van der Waals surface area contributed by atoms with Gasteiger partial charge in [0.1, 0.15) is 0 Å². The van der Waals surface area contributed by atoms with E-state index in [4.69, 9.17) is 9.29 Å². The van der Waals surface area contributed by atoms with Crippen molar-refractivity contribution in [2.24, 2.45) is 5.92 Å². The monoisotopic (exact) mass is 285 g/mol. The molecule has 0 spiro atoms. The van der Waals surface area contributed by atoms with Crippen LogP contribution in [0.5, 0.6) is 0 Å². The highest BCUT2D eigenvalue weighted by molar-refractivity contribution is 7.86. The summed E-state index contributed by atoms with van der Waals surface area (Å²) in [6, 6.07) is 6.39. The zero-order chi connectivity index (χ0) is 14.0. The SMILES string of the molecule is Cc1ccc(S(=O)(=O)OCC2CN(C(=O)O)C2)cc1. The summed E-state index contributed by atoms with van der Waals surface area (Å²) >= 11 is 0. The lowest BCUT2D eigenvalue weighted by atomic mass is 10.0. The molecule has 1 N–H and O–H groups in total. The van der Waals surface area contributed by atoms with Crippen molar-refractivity contribution in [3.05, 3.63) is 29.8 Å². The lowest BCUT2D eigenvalue weighted by Crippen LogP contribution is -2.51. The van der Waals surface area contributed by atoms with Crippen LogP contribution in [0.3, 0.4) is 0 Å². The number of benzene rings is 1. The molecule has 0 radical (unpaired) electrons. The maximum atomic E-state index is 11.9. The van der Waals surface area contributed by atoms with Crippen LogP contribution in [0.4, 0.5) is 4.79 Å². The minimum Gasteiger partial charge on any atom is -0.465 e. The van der Waals surface area contributed by atoms with Crippen molar-refractivity contribution >= 4 is 16.2 Å². The summed E-state index contributed by atoms with van der Waals surface area (Å²) in [5.74, 6) is -0.0590. The second kappa shape index (κ2) is 5.18. The van der Waals surface area contributed by atoms with E-state index in [1.807, 2.05) is 6.92 Å². The number of likely N-dealkylation sites (tertiary alicyclic amines) is 1. The number of aryl methyl sites for hydroxylation is 1. The van der Waals surface area contributed by atoms with Crippen LogP contribution in [0, 0.1) is 12.8 Å². The van der Waals surface area contributed by atoms with Crippen molar-refractivity contribution in [3.63, 3.8) is 0 Å². The smallest absolute Gasteiger partial charge is 0.407 e. The van der Waals surface area contributed by atoms with E-state index >= 15 is 0 Å². The average molecular weight is 285 g/mol. The Balaban J connectivity index is 1.89. The molecule has 0 atom stereocenters. The summed E-state index contributed by atoms with van der Waals surface area (Å²) in [4.78, 5) is 11.9. The molecule has 1 aliphatic rings. The van der Waals surface area contributed by atoms with Crippen LogP contribution in [0.1, 0.15) is 5.56 Å². The molecule has 0 bridgehead atoms. The van der Waals surface area contributed by atoms with E-state index in [-0.39, 0.29) is 17.4 Å². The van der Waals surface area contributed by atoms with Gasteiger partial charge < -0.3 is 10.0 Å². The van der Waals surface area contributed by atoms with E-state index < -0.39 is 16.2 Å². The minimum atomic E-state index is -3.75. The summed E-state index contributed by atoms with van der Waals surface area (Å²) < 4.78 is 28.6. The Morgan fingerprint density at radius 1 is 1.37 bits per heavy atom. The highest BCUT2D eigenvalue weighted by Gasteiger charge is 2.32. The average Bonchev–Trinajstić information content (AvgIpc) is 2.26. The topological polar surface area (TPSA) is 83.9 Å². The highest BCUT2D eigenvalue weighted by atomic mass is 32.2. The van der Waals surface area contributed by atoms with E-state index in [1.165, 1.54) is 17.0 Å². The first-order chi connectivity index (χ1) is 8.88. The van der Waals surface area contributed by atoms with Gasteiger partial charge in [-0.05, 0) is 19.1 Å². The van der Waals surface area contributed by atoms with Gasteiger partial charge in [0, 0.05) is 19.0 Å². The van der Waals surface area contributed by atoms with Crippen LogP contribution in [0.25, 0.3) is 0 Å². The van der Waals surface area contributed by atoms with Crippen molar-refractivity contribution in [2.45, 2.75) is 11.8 Å². The lowest BCUT2D eigenvalue weighted by molar-refractivity contribution is 0.0601. The maximum absolute atomic E-state index is 11.9. The van der Waals surface area contributed by atoms with Crippen molar-refractivity contribution in [3.8, 4) is 0 Å². The van der Waals surface area contributed by atoms with E-state index in [0.717, 1.165) is 5.56 Å². The predicted octanol–water partition coefficient (Wildman–Crippen LogP) is 1.31. The number of rotatable bonds is 4. The zero-order valence-electron chi connectivity index (χ0n) is 10.4. The molecule has 1 aliphatic heterocycles. The predicted molar refractivity (Wildman–Crippen MR) is 67.4 cm³/mol. The Kier molecular flexibility index (Phi) is 3.77. The first-order valence-corrected chi connectivity index (χ1v) is 7.23. The summed E-state index contributed by atoms with van der Waals surface area (Å²) in [5, 5.41) is 8.65. The molecule has 0 aromatic heterocycles. The minimum absolute atomic E-state index is 0.0139. The molecule has 7 heteroatoms. The van der Waals surface area contributed by atoms with Gasteiger partial charge in [0.25, 0.3) is 10.1 Å². The second-order valence-electron chi connectivity index (χ2n) is 4.61. The van der Waals surface area contributed by atoms with Crippen LogP contribution in [-0.2, 0) is 14.3 Å². The Hall–Kier alpha value is -1.60. The van der Waals surface area contributed by atoms with Gasteiger partial charge >= 0.3 is 6.09 Å². The van der Waals surface area contributed by atoms with E-state index in [1.54, 1.807) is 12.1 Å². The van der Waals surface area contributed by atoms with Crippen LogP contribution in [0.2, 0.25) is 0 Å². The lowest BCUT2D eigenvalue weighted by Gasteiger charge is -2.36. The van der Waals surface area contributed by atoms with Gasteiger partial charge in [-0.1, -0.05) is 17.7 Å². The number of nitrogens with zero attached hydrogens (tertiary/aromatic N) is 1. The van der Waals surface area contributed by atoms with Gasteiger partial charge in [-0.3, -0.25) is 4.18 Å². The van der Waals surface area contributed by atoms with Gasteiger partial charge in [0.15, 0.2) is 0 Å². The van der Waals surface area contributed by atoms with Gasteiger partial charge in [0.05, 0.1) is 11.5 Å². The summed E-state index contributed by atoms with van der Waals surface area (Å²) in [5.41, 5.74) is 0.968.